The summed E-state index contributed by atoms with van der Waals surface area (Å²) in [6.45, 7) is 5.92. The van der Waals surface area contributed by atoms with E-state index in [-0.39, 0.29) is 0 Å². The van der Waals surface area contributed by atoms with Gasteiger partial charge in [-0.2, -0.15) is 0 Å². The Morgan fingerprint density at radius 2 is 1.48 bits per heavy atom. The second-order valence-corrected chi connectivity index (χ2v) is 7.91. The first kappa shape index (κ1) is 17.1. The van der Waals surface area contributed by atoms with Crippen molar-refractivity contribution in [1.82, 2.24) is 9.80 Å². The van der Waals surface area contributed by atoms with E-state index in [9.17, 15) is 0 Å². The van der Waals surface area contributed by atoms with Crippen molar-refractivity contribution in [3.05, 3.63) is 70.7 Å². The van der Waals surface area contributed by atoms with Gasteiger partial charge in [-0.1, -0.05) is 66.9 Å². The molecule has 2 aromatic carbocycles. The van der Waals surface area contributed by atoms with Crippen LogP contribution in [0.5, 0.6) is 0 Å². The molecule has 3 heteroatoms. The molecule has 2 aliphatic rings. The lowest BCUT2D eigenvalue weighted by molar-refractivity contribution is 0.107. The van der Waals surface area contributed by atoms with Crippen molar-refractivity contribution in [2.24, 2.45) is 5.92 Å². The zero-order valence-corrected chi connectivity index (χ0v) is 15.5. The molecule has 4 rings (SSSR count). The van der Waals surface area contributed by atoms with E-state index in [2.05, 4.69) is 52.3 Å². The quantitative estimate of drug-likeness (QED) is 0.731. The van der Waals surface area contributed by atoms with Crippen molar-refractivity contribution >= 4 is 11.6 Å². The van der Waals surface area contributed by atoms with Crippen molar-refractivity contribution in [1.29, 1.82) is 0 Å². The summed E-state index contributed by atoms with van der Waals surface area (Å²) < 4.78 is 0. The number of hydrogen-bond acceptors (Lipinski definition) is 2. The molecule has 132 valence electrons. The highest BCUT2D eigenvalue weighted by Gasteiger charge is 2.27. The van der Waals surface area contributed by atoms with Crippen LogP contribution in [0, 0.1) is 5.92 Å². The van der Waals surface area contributed by atoms with E-state index < -0.39 is 0 Å². The first-order valence-electron chi connectivity index (χ1n) is 9.56. The predicted octanol–water partition coefficient (Wildman–Crippen LogP) is 4.85. The summed E-state index contributed by atoms with van der Waals surface area (Å²) in [5.74, 6) is 1.03. The summed E-state index contributed by atoms with van der Waals surface area (Å²) in [7, 11) is 0. The zero-order chi connectivity index (χ0) is 17.1. The van der Waals surface area contributed by atoms with E-state index in [1.54, 1.807) is 0 Å². The number of piperazine rings is 1. The molecule has 25 heavy (non-hydrogen) atoms. The van der Waals surface area contributed by atoms with Crippen LogP contribution in [-0.4, -0.2) is 42.5 Å². The van der Waals surface area contributed by atoms with Gasteiger partial charge >= 0.3 is 0 Å². The highest BCUT2D eigenvalue weighted by molar-refractivity contribution is 6.30. The van der Waals surface area contributed by atoms with Gasteiger partial charge in [-0.15, -0.1) is 0 Å². The van der Waals surface area contributed by atoms with Crippen LogP contribution >= 0.6 is 11.6 Å². The highest BCUT2D eigenvalue weighted by atomic mass is 35.5. The van der Waals surface area contributed by atoms with Gasteiger partial charge < -0.3 is 4.90 Å². The molecule has 0 amide bonds. The molecule has 1 aliphatic carbocycles. The standard InChI is InChI=1S/C22H27ClN2/c23-21-10-8-20(9-11-21)22(19-4-2-1-3-5-19)25-16-14-24(15-17-25)13-12-18-6-7-18/h1-5,8-11,18,22H,6-7,12-17H2/t22-/m1/s1. The van der Waals surface area contributed by atoms with Crippen molar-refractivity contribution in [2.75, 3.05) is 32.7 Å². The Bertz CT molecular complexity index is 658. The molecule has 2 nitrogen and oxygen atoms in total. The zero-order valence-electron chi connectivity index (χ0n) is 14.8. The van der Waals surface area contributed by atoms with Crippen molar-refractivity contribution < 1.29 is 0 Å². The van der Waals surface area contributed by atoms with Crippen LogP contribution in [0.4, 0.5) is 0 Å². The van der Waals surface area contributed by atoms with Crippen LogP contribution in [0.2, 0.25) is 5.02 Å². The highest BCUT2D eigenvalue weighted by Crippen LogP contribution is 2.33. The lowest BCUT2D eigenvalue weighted by atomic mass is 9.96. The van der Waals surface area contributed by atoms with Gasteiger partial charge in [0.05, 0.1) is 6.04 Å². The summed E-state index contributed by atoms with van der Waals surface area (Å²) in [4.78, 5) is 5.28. The lowest BCUT2D eigenvalue weighted by Crippen LogP contribution is -2.48. The maximum Gasteiger partial charge on any atom is 0.0602 e. The summed E-state index contributed by atoms with van der Waals surface area (Å²) >= 11 is 6.11. The second-order valence-electron chi connectivity index (χ2n) is 7.47. The first-order valence-corrected chi connectivity index (χ1v) is 9.94. The third-order valence-electron chi connectivity index (χ3n) is 5.62. The minimum Gasteiger partial charge on any atom is -0.301 e. The Hall–Kier alpha value is -1.35. The minimum absolute atomic E-state index is 0.323. The Morgan fingerprint density at radius 1 is 0.840 bits per heavy atom. The van der Waals surface area contributed by atoms with Crippen molar-refractivity contribution in [3.63, 3.8) is 0 Å². The van der Waals surface area contributed by atoms with Gasteiger partial charge in [-0.3, -0.25) is 4.90 Å². The Balaban J connectivity index is 1.47. The maximum absolute atomic E-state index is 6.11. The summed E-state index contributed by atoms with van der Waals surface area (Å²) in [5, 5.41) is 0.806. The van der Waals surface area contributed by atoms with Crippen molar-refractivity contribution in [2.45, 2.75) is 25.3 Å². The van der Waals surface area contributed by atoms with E-state index in [1.807, 2.05) is 12.1 Å². The number of halogens is 1. The fourth-order valence-corrected chi connectivity index (χ4v) is 4.04. The van der Waals surface area contributed by atoms with E-state index in [0.717, 1.165) is 24.0 Å². The van der Waals surface area contributed by atoms with Crippen LogP contribution in [0.25, 0.3) is 0 Å². The number of hydrogen-bond donors (Lipinski definition) is 0. The average molecular weight is 355 g/mol. The Morgan fingerprint density at radius 3 is 2.12 bits per heavy atom. The van der Waals surface area contributed by atoms with Crippen molar-refractivity contribution in [3.8, 4) is 0 Å². The molecule has 0 aromatic heterocycles. The largest absolute Gasteiger partial charge is 0.301 e. The van der Waals surface area contributed by atoms with E-state index >= 15 is 0 Å². The fourth-order valence-electron chi connectivity index (χ4n) is 3.91. The molecule has 0 unspecified atom stereocenters. The maximum atomic E-state index is 6.11. The lowest BCUT2D eigenvalue weighted by Gasteiger charge is -2.40. The SMILES string of the molecule is Clc1ccc([C@@H](c2ccccc2)N2CCN(CCC3CC3)CC2)cc1. The van der Waals surface area contributed by atoms with Crippen LogP contribution in [0.15, 0.2) is 54.6 Å². The number of benzene rings is 2. The van der Waals surface area contributed by atoms with Gasteiger partial charge in [0.15, 0.2) is 0 Å². The van der Waals surface area contributed by atoms with Crippen LogP contribution < -0.4 is 0 Å². The van der Waals surface area contributed by atoms with Crippen LogP contribution in [-0.2, 0) is 0 Å². The smallest absolute Gasteiger partial charge is 0.0602 e. The third kappa shape index (κ3) is 4.44. The topological polar surface area (TPSA) is 6.48 Å². The average Bonchev–Trinajstić information content (AvgIpc) is 3.48. The molecule has 1 saturated carbocycles. The molecule has 2 fully saturated rings. The molecule has 2 aromatic rings. The second kappa shape index (κ2) is 7.90. The predicted molar refractivity (Wildman–Crippen MR) is 105 cm³/mol. The van der Waals surface area contributed by atoms with Crippen LogP contribution in [0.3, 0.4) is 0 Å². The number of nitrogens with zero attached hydrogens (tertiary/aromatic N) is 2. The monoisotopic (exact) mass is 354 g/mol. The summed E-state index contributed by atoms with van der Waals surface area (Å²) in [5.41, 5.74) is 2.71. The van der Waals surface area contributed by atoms with Crippen LogP contribution in [0.1, 0.15) is 36.4 Å². The molecular formula is C22H27ClN2. The molecular weight excluding hydrogens is 328 g/mol. The Labute approximate surface area is 156 Å². The molecule has 1 saturated heterocycles. The van der Waals surface area contributed by atoms with E-state index in [4.69, 9.17) is 11.6 Å². The number of rotatable bonds is 6. The van der Waals surface area contributed by atoms with Gasteiger partial charge in [-0.05, 0) is 42.1 Å². The van der Waals surface area contributed by atoms with Gasteiger partial charge in [-0.25, -0.2) is 0 Å². The minimum atomic E-state index is 0.323. The molecule has 0 N–H and O–H groups in total. The molecule has 0 spiro atoms. The van der Waals surface area contributed by atoms with Gasteiger partial charge in [0.25, 0.3) is 0 Å². The van der Waals surface area contributed by atoms with Gasteiger partial charge in [0.2, 0.25) is 0 Å². The molecule has 1 aliphatic heterocycles. The molecule has 0 radical (unpaired) electrons. The van der Waals surface area contributed by atoms with Gasteiger partial charge in [0.1, 0.15) is 0 Å². The Kier molecular flexibility index (Phi) is 5.40. The molecule has 1 atom stereocenters. The van der Waals surface area contributed by atoms with Gasteiger partial charge in [0, 0.05) is 31.2 Å². The van der Waals surface area contributed by atoms with E-state index in [0.29, 0.717) is 6.04 Å². The molecule has 0 bridgehead atoms. The van der Waals surface area contributed by atoms with E-state index in [1.165, 1.54) is 50.0 Å². The summed E-state index contributed by atoms with van der Waals surface area (Å²) in [6.07, 6.45) is 4.33. The first-order chi connectivity index (χ1) is 12.3. The fraction of sp³-hybridized carbons (Fsp3) is 0.455. The normalized spacial score (nSPS) is 20.5. The summed E-state index contributed by atoms with van der Waals surface area (Å²) in [6, 6.07) is 19.6. The molecule has 1 heterocycles. The third-order valence-corrected chi connectivity index (χ3v) is 5.88.